The van der Waals surface area contributed by atoms with Crippen LogP contribution >= 0.6 is 0 Å². The highest BCUT2D eigenvalue weighted by Gasteiger charge is 2.32. The second-order valence-corrected chi connectivity index (χ2v) is 4.15. The van der Waals surface area contributed by atoms with Gasteiger partial charge in [-0.3, -0.25) is 0 Å². The molecule has 4 N–H and O–H groups in total. The van der Waals surface area contributed by atoms with Crippen LogP contribution in [0.2, 0.25) is 0 Å². The van der Waals surface area contributed by atoms with Crippen LogP contribution in [0, 0.1) is 0 Å². The van der Waals surface area contributed by atoms with Gasteiger partial charge in [0, 0.05) is 6.54 Å². The number of alkyl halides is 3. The summed E-state index contributed by atoms with van der Waals surface area (Å²) < 4.78 is 37.6. The quantitative estimate of drug-likeness (QED) is 0.781. The molecular weight excluding hydrogens is 249 g/mol. The maximum Gasteiger partial charge on any atom is 0.416 e. The van der Waals surface area contributed by atoms with Crippen molar-refractivity contribution in [1.82, 2.24) is 5.32 Å². The lowest BCUT2D eigenvalue weighted by Crippen LogP contribution is -2.45. The fourth-order valence-corrected chi connectivity index (χ4v) is 1.41. The third-order valence-electron chi connectivity index (χ3n) is 2.46. The van der Waals surface area contributed by atoms with Crippen LogP contribution in [0.25, 0.3) is 0 Å². The van der Waals surface area contributed by atoms with E-state index < -0.39 is 23.4 Å². The highest BCUT2D eigenvalue weighted by molar-refractivity contribution is 5.64. The zero-order valence-corrected chi connectivity index (χ0v) is 9.58. The summed E-state index contributed by atoms with van der Waals surface area (Å²) in [5, 5.41) is 10.5. The van der Waals surface area contributed by atoms with Crippen LogP contribution in [0.1, 0.15) is 18.1 Å². The molecule has 0 bridgehead atoms. The number of hydrogen-bond donors (Lipinski definition) is 3. The van der Waals surface area contributed by atoms with Crippen LogP contribution in [-0.2, 0) is 11.7 Å². The third kappa shape index (κ3) is 3.63. The smallest absolute Gasteiger partial charge is 0.416 e. The van der Waals surface area contributed by atoms with E-state index in [0.717, 1.165) is 12.1 Å². The number of rotatable bonds is 3. The first-order valence-electron chi connectivity index (χ1n) is 5.06. The average Bonchev–Trinajstić information content (AvgIpc) is 2.26. The van der Waals surface area contributed by atoms with Gasteiger partial charge in [0.05, 0.1) is 11.1 Å². The number of nitrogens with one attached hydrogen (secondary N) is 1. The fourth-order valence-electron chi connectivity index (χ4n) is 1.41. The number of carbonyl (C=O) groups is 1. The lowest BCUT2D eigenvalue weighted by atomic mass is 9.92. The van der Waals surface area contributed by atoms with E-state index in [2.05, 4.69) is 5.32 Å². The largest absolute Gasteiger partial charge is 0.465 e. The van der Waals surface area contributed by atoms with Crippen LogP contribution in [0.3, 0.4) is 0 Å². The molecule has 0 heterocycles. The molecule has 18 heavy (non-hydrogen) atoms. The Bertz CT molecular complexity index is 444. The molecule has 100 valence electrons. The normalized spacial score (nSPS) is 14.9. The Morgan fingerprint density at radius 1 is 1.39 bits per heavy atom. The molecule has 0 aliphatic rings. The summed E-state index contributed by atoms with van der Waals surface area (Å²) in [5.74, 6) is 0. The van der Waals surface area contributed by atoms with E-state index in [0.29, 0.717) is 0 Å². The number of carboxylic acid groups (broad SMARTS) is 1. The standard InChI is InChI=1S/C11H13F3N2O2/c1-10(15,6-16-9(17)18)7-3-2-4-8(5-7)11(12,13)14/h2-5,16H,6,15H2,1H3,(H,17,18)/t10-/m0/s1. The summed E-state index contributed by atoms with van der Waals surface area (Å²) in [6.07, 6.45) is -5.73. The van der Waals surface area contributed by atoms with Crippen molar-refractivity contribution >= 4 is 6.09 Å². The van der Waals surface area contributed by atoms with Gasteiger partial charge in [-0.05, 0) is 24.6 Å². The SMILES string of the molecule is C[C@](N)(CNC(=O)O)c1cccc(C(F)(F)F)c1. The Morgan fingerprint density at radius 3 is 2.44 bits per heavy atom. The molecule has 0 saturated heterocycles. The minimum Gasteiger partial charge on any atom is -0.465 e. The van der Waals surface area contributed by atoms with Crippen molar-refractivity contribution in [2.75, 3.05) is 6.54 Å². The Labute approximate surface area is 102 Å². The Kier molecular flexibility index (Phi) is 3.85. The van der Waals surface area contributed by atoms with E-state index in [-0.39, 0.29) is 12.1 Å². The fraction of sp³-hybridized carbons (Fsp3) is 0.364. The number of amides is 1. The molecular formula is C11H13F3N2O2. The summed E-state index contributed by atoms with van der Waals surface area (Å²) in [4.78, 5) is 10.4. The van der Waals surface area contributed by atoms with Crippen molar-refractivity contribution in [3.63, 3.8) is 0 Å². The second-order valence-electron chi connectivity index (χ2n) is 4.15. The average molecular weight is 262 g/mol. The van der Waals surface area contributed by atoms with Crippen molar-refractivity contribution in [3.8, 4) is 0 Å². The summed E-state index contributed by atoms with van der Waals surface area (Å²) in [5.41, 5.74) is 4.00. The van der Waals surface area contributed by atoms with Gasteiger partial charge in [0.25, 0.3) is 0 Å². The molecule has 0 fully saturated rings. The minimum atomic E-state index is -4.45. The van der Waals surface area contributed by atoms with Crippen LogP contribution in [0.15, 0.2) is 24.3 Å². The van der Waals surface area contributed by atoms with Crippen LogP contribution < -0.4 is 11.1 Å². The monoisotopic (exact) mass is 262 g/mol. The van der Waals surface area contributed by atoms with Crippen molar-refractivity contribution in [2.45, 2.75) is 18.6 Å². The van der Waals surface area contributed by atoms with Gasteiger partial charge >= 0.3 is 12.3 Å². The third-order valence-corrected chi connectivity index (χ3v) is 2.46. The van der Waals surface area contributed by atoms with E-state index in [4.69, 9.17) is 10.8 Å². The van der Waals surface area contributed by atoms with Gasteiger partial charge in [0.1, 0.15) is 0 Å². The van der Waals surface area contributed by atoms with Crippen molar-refractivity contribution in [3.05, 3.63) is 35.4 Å². The molecule has 0 aliphatic carbocycles. The predicted octanol–water partition coefficient (Wildman–Crippen LogP) is 2.15. The molecule has 0 unspecified atom stereocenters. The van der Waals surface area contributed by atoms with Gasteiger partial charge in [0.2, 0.25) is 0 Å². The number of benzene rings is 1. The van der Waals surface area contributed by atoms with E-state index >= 15 is 0 Å². The topological polar surface area (TPSA) is 75.3 Å². The predicted molar refractivity (Wildman–Crippen MR) is 59.0 cm³/mol. The maximum atomic E-state index is 12.5. The molecule has 1 aromatic carbocycles. The minimum absolute atomic E-state index is 0.177. The molecule has 0 spiro atoms. The zero-order valence-electron chi connectivity index (χ0n) is 9.58. The van der Waals surface area contributed by atoms with Gasteiger partial charge in [-0.25, -0.2) is 4.79 Å². The Hall–Kier alpha value is -1.76. The summed E-state index contributed by atoms with van der Waals surface area (Å²) >= 11 is 0. The Balaban J connectivity index is 2.98. The molecule has 0 radical (unpaired) electrons. The molecule has 0 aliphatic heterocycles. The van der Waals surface area contributed by atoms with Gasteiger partial charge in [-0.2, -0.15) is 13.2 Å². The summed E-state index contributed by atoms with van der Waals surface area (Å²) in [6.45, 7) is 1.28. The van der Waals surface area contributed by atoms with E-state index in [1.807, 2.05) is 0 Å². The van der Waals surface area contributed by atoms with Gasteiger partial charge in [0.15, 0.2) is 0 Å². The summed E-state index contributed by atoms with van der Waals surface area (Å²) in [6, 6.07) is 4.52. The molecule has 1 amide bonds. The molecule has 1 rings (SSSR count). The molecule has 4 nitrogen and oxygen atoms in total. The van der Waals surface area contributed by atoms with Crippen molar-refractivity contribution in [2.24, 2.45) is 5.73 Å². The summed E-state index contributed by atoms with van der Waals surface area (Å²) in [7, 11) is 0. The van der Waals surface area contributed by atoms with Crippen molar-refractivity contribution < 1.29 is 23.1 Å². The van der Waals surface area contributed by atoms with E-state index in [9.17, 15) is 18.0 Å². The number of hydrogen-bond acceptors (Lipinski definition) is 2. The first-order chi connectivity index (χ1) is 8.13. The second kappa shape index (κ2) is 4.85. The first-order valence-corrected chi connectivity index (χ1v) is 5.06. The lowest BCUT2D eigenvalue weighted by Gasteiger charge is -2.25. The number of halogens is 3. The number of nitrogens with two attached hydrogens (primary N) is 1. The van der Waals surface area contributed by atoms with E-state index in [1.54, 1.807) is 0 Å². The zero-order chi connectivity index (χ0) is 14.0. The van der Waals surface area contributed by atoms with Crippen molar-refractivity contribution in [1.29, 1.82) is 0 Å². The first kappa shape index (κ1) is 14.3. The Morgan fingerprint density at radius 2 is 1.94 bits per heavy atom. The molecule has 0 aromatic heterocycles. The highest BCUT2D eigenvalue weighted by atomic mass is 19.4. The molecule has 1 atom stereocenters. The van der Waals surface area contributed by atoms with Gasteiger partial charge in [-0.15, -0.1) is 0 Å². The molecule has 0 saturated carbocycles. The molecule has 7 heteroatoms. The van der Waals surface area contributed by atoms with Crippen LogP contribution in [0.5, 0.6) is 0 Å². The van der Waals surface area contributed by atoms with Gasteiger partial charge in [-0.1, -0.05) is 12.1 Å². The maximum absolute atomic E-state index is 12.5. The lowest BCUT2D eigenvalue weighted by molar-refractivity contribution is -0.137. The highest BCUT2D eigenvalue weighted by Crippen LogP contribution is 2.31. The van der Waals surface area contributed by atoms with Crippen LogP contribution in [0.4, 0.5) is 18.0 Å². The van der Waals surface area contributed by atoms with E-state index in [1.165, 1.54) is 19.1 Å². The van der Waals surface area contributed by atoms with Crippen LogP contribution in [-0.4, -0.2) is 17.7 Å². The molecule has 1 aromatic rings. The van der Waals surface area contributed by atoms with Gasteiger partial charge < -0.3 is 16.2 Å².